The lowest BCUT2D eigenvalue weighted by molar-refractivity contribution is -0.384. The van der Waals surface area contributed by atoms with Crippen molar-refractivity contribution in [1.82, 2.24) is 15.2 Å². The molecule has 0 saturated carbocycles. The van der Waals surface area contributed by atoms with Gasteiger partial charge in [0.15, 0.2) is 14.5 Å². The molecule has 0 spiro atoms. The van der Waals surface area contributed by atoms with Gasteiger partial charge in [-0.05, 0) is 6.26 Å². The number of hydrogen-bond acceptors (Lipinski definition) is 8. The van der Waals surface area contributed by atoms with Crippen molar-refractivity contribution in [2.75, 3.05) is 12.0 Å². The van der Waals surface area contributed by atoms with E-state index in [2.05, 4.69) is 15.2 Å². The number of ketones is 1. The third-order valence-corrected chi connectivity index (χ3v) is 5.10. The summed E-state index contributed by atoms with van der Waals surface area (Å²) >= 11 is 4.17. The molecule has 7 nitrogen and oxygen atoms in total. The van der Waals surface area contributed by atoms with Gasteiger partial charge in [-0.25, -0.2) is 0 Å². The third-order valence-electron chi connectivity index (χ3n) is 2.07. The molecule has 0 amide bonds. The summed E-state index contributed by atoms with van der Waals surface area (Å²) in [4.78, 5) is 24.4. The molecule has 0 saturated heterocycles. The molecule has 0 aliphatic rings. The molecule has 0 radical (unpaired) electrons. The van der Waals surface area contributed by atoms with E-state index in [4.69, 9.17) is 0 Å². The summed E-state index contributed by atoms with van der Waals surface area (Å²) in [5.74, 6) is -0.0419. The maximum Gasteiger partial charge on any atom is 0.287 e. The van der Waals surface area contributed by atoms with E-state index >= 15 is 0 Å². The quantitative estimate of drug-likeness (QED) is 0.378. The van der Waals surface area contributed by atoms with Crippen LogP contribution in [-0.2, 0) is 0 Å². The fourth-order valence-electron chi connectivity index (χ4n) is 1.19. The number of H-pyrrole nitrogens is 1. The van der Waals surface area contributed by atoms with Crippen LogP contribution >= 0.6 is 34.9 Å². The van der Waals surface area contributed by atoms with E-state index in [0.29, 0.717) is 4.34 Å². The minimum atomic E-state index is -0.546. The SMILES string of the molecule is CSc1nnc(SCC(=O)c2cc([N+](=O)[O-])c[nH]2)s1. The largest absolute Gasteiger partial charge is 0.353 e. The summed E-state index contributed by atoms with van der Waals surface area (Å²) in [6.45, 7) is 0. The highest BCUT2D eigenvalue weighted by Crippen LogP contribution is 2.27. The van der Waals surface area contributed by atoms with E-state index in [9.17, 15) is 14.9 Å². The maximum absolute atomic E-state index is 11.8. The average Bonchev–Trinajstić information content (AvgIpc) is 3.04. The molecular weight excluding hydrogens is 308 g/mol. The molecule has 0 aliphatic heterocycles. The van der Waals surface area contributed by atoms with Crippen LogP contribution in [0, 0.1) is 10.1 Å². The highest BCUT2D eigenvalue weighted by atomic mass is 32.2. The van der Waals surface area contributed by atoms with Crippen molar-refractivity contribution in [3.05, 3.63) is 28.1 Å². The Balaban J connectivity index is 1.95. The van der Waals surface area contributed by atoms with Crippen molar-refractivity contribution < 1.29 is 9.72 Å². The summed E-state index contributed by atoms with van der Waals surface area (Å²) in [5.41, 5.74) is 0.114. The summed E-state index contributed by atoms with van der Waals surface area (Å²) in [5, 5.41) is 18.3. The number of Topliss-reactive ketones (excluding diaryl/α,β-unsaturated/α-hetero) is 1. The topological polar surface area (TPSA) is 102 Å². The molecule has 0 atom stereocenters. The second kappa shape index (κ2) is 6.17. The number of nitrogens with zero attached hydrogens (tertiary/aromatic N) is 3. The predicted octanol–water partition coefficient (Wildman–Crippen LogP) is 2.47. The van der Waals surface area contributed by atoms with Crippen LogP contribution in [0.15, 0.2) is 20.9 Å². The van der Waals surface area contributed by atoms with E-state index in [1.165, 1.54) is 47.1 Å². The maximum atomic E-state index is 11.8. The van der Waals surface area contributed by atoms with E-state index in [1.54, 1.807) is 0 Å². The summed E-state index contributed by atoms with van der Waals surface area (Å²) in [7, 11) is 0. The Hall–Kier alpha value is -1.39. The van der Waals surface area contributed by atoms with Gasteiger partial charge in [0, 0.05) is 6.07 Å². The highest BCUT2D eigenvalue weighted by molar-refractivity contribution is 8.03. The van der Waals surface area contributed by atoms with Crippen molar-refractivity contribution in [3.8, 4) is 0 Å². The van der Waals surface area contributed by atoms with Crippen LogP contribution in [0.3, 0.4) is 0 Å². The number of carbonyl (C=O) groups is 1. The lowest BCUT2D eigenvalue weighted by Crippen LogP contribution is -2.02. The van der Waals surface area contributed by atoms with Crippen molar-refractivity contribution >= 4 is 46.3 Å². The van der Waals surface area contributed by atoms with Gasteiger partial charge in [-0.1, -0.05) is 34.9 Å². The molecule has 0 bridgehead atoms. The predicted molar refractivity (Wildman–Crippen MR) is 74.2 cm³/mol. The van der Waals surface area contributed by atoms with Crippen molar-refractivity contribution in [1.29, 1.82) is 0 Å². The Morgan fingerprint density at radius 3 is 2.84 bits per heavy atom. The third kappa shape index (κ3) is 3.55. The number of carbonyl (C=O) groups excluding carboxylic acids is 1. The van der Waals surface area contributed by atoms with E-state index in [-0.39, 0.29) is 22.9 Å². The Morgan fingerprint density at radius 1 is 1.53 bits per heavy atom. The minimum Gasteiger partial charge on any atom is -0.353 e. The summed E-state index contributed by atoms with van der Waals surface area (Å²) < 4.78 is 1.55. The molecule has 10 heteroatoms. The molecule has 0 fully saturated rings. The van der Waals surface area contributed by atoms with Crippen LogP contribution in [0.1, 0.15) is 10.5 Å². The number of nitrogens with one attached hydrogen (secondary N) is 1. The Morgan fingerprint density at radius 2 is 2.26 bits per heavy atom. The Bertz CT molecular complexity index is 609. The first-order valence-corrected chi connectivity index (χ1v) is 7.99. The van der Waals surface area contributed by atoms with Gasteiger partial charge in [-0.3, -0.25) is 14.9 Å². The molecule has 2 heterocycles. The zero-order chi connectivity index (χ0) is 13.8. The number of rotatable bonds is 6. The van der Waals surface area contributed by atoms with Crippen molar-refractivity contribution in [2.24, 2.45) is 0 Å². The monoisotopic (exact) mass is 316 g/mol. The number of aromatic amines is 1. The van der Waals surface area contributed by atoms with Crippen LogP contribution < -0.4 is 0 Å². The number of aromatic nitrogens is 3. The van der Waals surface area contributed by atoms with Crippen LogP contribution in [0.2, 0.25) is 0 Å². The molecule has 100 valence electrons. The zero-order valence-corrected chi connectivity index (χ0v) is 12.1. The number of hydrogen-bond donors (Lipinski definition) is 1. The molecule has 0 aliphatic carbocycles. The van der Waals surface area contributed by atoms with Crippen molar-refractivity contribution in [3.63, 3.8) is 0 Å². The molecule has 2 aromatic rings. The van der Waals surface area contributed by atoms with Crippen LogP contribution in [0.25, 0.3) is 0 Å². The van der Waals surface area contributed by atoms with Gasteiger partial charge in [0.1, 0.15) is 0 Å². The Labute approximate surface area is 120 Å². The second-order valence-electron chi connectivity index (χ2n) is 3.28. The first-order chi connectivity index (χ1) is 9.10. The van der Waals surface area contributed by atoms with Gasteiger partial charge in [0.05, 0.1) is 22.6 Å². The average molecular weight is 316 g/mol. The molecule has 2 aromatic heterocycles. The minimum absolute atomic E-state index is 0.117. The van der Waals surface area contributed by atoms with Crippen LogP contribution in [-0.4, -0.2) is 37.9 Å². The molecule has 2 rings (SSSR count). The molecular formula is C9H8N4O3S3. The van der Waals surface area contributed by atoms with E-state index in [0.717, 1.165) is 4.34 Å². The van der Waals surface area contributed by atoms with Gasteiger partial charge in [0.25, 0.3) is 5.69 Å². The first-order valence-electron chi connectivity index (χ1n) is 4.96. The number of thioether (sulfide) groups is 2. The fraction of sp³-hybridized carbons (Fsp3) is 0.222. The molecule has 0 aromatic carbocycles. The Kier molecular flexibility index (Phi) is 4.56. The van der Waals surface area contributed by atoms with Crippen molar-refractivity contribution in [2.45, 2.75) is 8.68 Å². The standard InChI is InChI=1S/C9H8N4O3S3/c1-17-8-11-12-9(19-8)18-4-7(14)6-2-5(3-10-6)13(15)16/h2-3,10H,4H2,1H3. The van der Waals surface area contributed by atoms with Gasteiger partial charge >= 0.3 is 0 Å². The molecule has 0 unspecified atom stereocenters. The fourth-order valence-corrected chi connectivity index (χ4v) is 3.51. The lowest BCUT2D eigenvalue weighted by Gasteiger charge is -1.94. The van der Waals surface area contributed by atoms with Gasteiger partial charge in [-0.2, -0.15) is 0 Å². The summed E-state index contributed by atoms with van der Waals surface area (Å²) in [6, 6.07) is 1.23. The highest BCUT2D eigenvalue weighted by Gasteiger charge is 2.15. The molecule has 19 heavy (non-hydrogen) atoms. The van der Waals surface area contributed by atoms with Crippen LogP contribution in [0.4, 0.5) is 5.69 Å². The smallest absolute Gasteiger partial charge is 0.287 e. The first kappa shape index (κ1) is 14.0. The summed E-state index contributed by atoms with van der Waals surface area (Å²) in [6.07, 6.45) is 3.10. The normalized spacial score (nSPS) is 10.6. The second-order valence-corrected chi connectivity index (χ2v) is 6.53. The van der Waals surface area contributed by atoms with Gasteiger partial charge < -0.3 is 4.98 Å². The number of nitro groups is 1. The van der Waals surface area contributed by atoms with E-state index < -0.39 is 4.92 Å². The molecule has 1 N–H and O–H groups in total. The van der Waals surface area contributed by atoms with Crippen LogP contribution in [0.5, 0.6) is 0 Å². The van der Waals surface area contributed by atoms with Gasteiger partial charge in [-0.15, -0.1) is 10.2 Å². The zero-order valence-electron chi connectivity index (χ0n) is 9.65. The lowest BCUT2D eigenvalue weighted by atomic mass is 10.3. The van der Waals surface area contributed by atoms with E-state index in [1.807, 2.05) is 6.26 Å². The van der Waals surface area contributed by atoms with Gasteiger partial charge in [0.2, 0.25) is 0 Å².